The molecule has 3 nitrogen and oxygen atoms in total. The lowest BCUT2D eigenvalue weighted by molar-refractivity contribution is -0.159. The van der Waals surface area contributed by atoms with Crippen LogP contribution in [0.4, 0.5) is 13.2 Å². The number of nitrogens with two attached hydrogens (primary N) is 1. The van der Waals surface area contributed by atoms with Crippen LogP contribution in [0.2, 0.25) is 0 Å². The molecule has 0 rings (SSSR count). The van der Waals surface area contributed by atoms with Crippen molar-refractivity contribution in [2.75, 3.05) is 19.6 Å². The molecule has 6 heteroatoms. The van der Waals surface area contributed by atoms with Crippen LogP contribution in [-0.4, -0.2) is 36.6 Å². The van der Waals surface area contributed by atoms with Crippen LogP contribution in [0.3, 0.4) is 0 Å². The Balaban J connectivity index is 4.28. The van der Waals surface area contributed by atoms with E-state index in [9.17, 15) is 18.0 Å². The van der Waals surface area contributed by atoms with E-state index >= 15 is 0 Å². The fraction of sp³-hybridized carbons (Fsp3) is 0.625. The first kappa shape index (κ1) is 13.0. The Kier molecular flexibility index (Phi) is 5.22. The topological polar surface area (TPSA) is 46.3 Å². The summed E-state index contributed by atoms with van der Waals surface area (Å²) in [5, 5.41) is 0. The van der Waals surface area contributed by atoms with E-state index in [1.807, 2.05) is 0 Å². The van der Waals surface area contributed by atoms with E-state index in [0.717, 1.165) is 0 Å². The van der Waals surface area contributed by atoms with Crippen LogP contribution < -0.4 is 5.73 Å². The summed E-state index contributed by atoms with van der Waals surface area (Å²) in [5.74, 6) is -0.607. The number of rotatable bonds is 5. The molecule has 0 aromatic carbocycles. The highest BCUT2D eigenvalue weighted by Gasteiger charge is 2.32. The number of alkyl halides is 3. The number of carbonyl (C=O) groups is 1. The smallest absolute Gasteiger partial charge is 0.330 e. The maximum absolute atomic E-state index is 12.0. The zero-order valence-electron chi connectivity index (χ0n) is 7.68. The summed E-state index contributed by atoms with van der Waals surface area (Å²) < 4.78 is 35.9. The molecule has 2 N–H and O–H groups in total. The van der Waals surface area contributed by atoms with E-state index in [4.69, 9.17) is 5.73 Å². The third-order valence-corrected chi connectivity index (χ3v) is 1.43. The molecule has 82 valence electrons. The molecule has 0 atom stereocenters. The monoisotopic (exact) mass is 210 g/mol. The van der Waals surface area contributed by atoms with Gasteiger partial charge >= 0.3 is 6.18 Å². The highest BCUT2D eigenvalue weighted by molar-refractivity contribution is 5.76. The zero-order chi connectivity index (χ0) is 11.2. The van der Waals surface area contributed by atoms with E-state index in [1.54, 1.807) is 0 Å². The summed E-state index contributed by atoms with van der Waals surface area (Å²) in [5.41, 5.74) is 5.07. The predicted octanol–water partition coefficient (Wildman–Crippen LogP) is 0.912. The highest BCUT2D eigenvalue weighted by atomic mass is 19.4. The van der Waals surface area contributed by atoms with Crippen molar-refractivity contribution in [3.05, 3.63) is 12.7 Å². The Hall–Kier alpha value is -1.04. The van der Waals surface area contributed by atoms with E-state index in [2.05, 4.69) is 6.58 Å². The van der Waals surface area contributed by atoms with Gasteiger partial charge in [0.05, 0.1) is 0 Å². The maximum Gasteiger partial charge on any atom is 0.406 e. The lowest BCUT2D eigenvalue weighted by Gasteiger charge is -2.22. The van der Waals surface area contributed by atoms with Crippen molar-refractivity contribution >= 4 is 5.91 Å². The number of halogens is 3. The summed E-state index contributed by atoms with van der Waals surface area (Å²) in [6.45, 7) is 1.96. The fourth-order valence-electron chi connectivity index (χ4n) is 0.908. The fourth-order valence-corrected chi connectivity index (χ4v) is 0.908. The van der Waals surface area contributed by atoms with E-state index in [1.165, 1.54) is 6.08 Å². The lowest BCUT2D eigenvalue weighted by atomic mass is 10.3. The minimum Gasteiger partial charge on any atom is -0.330 e. The van der Waals surface area contributed by atoms with Crippen LogP contribution in [0.25, 0.3) is 0 Å². The third-order valence-electron chi connectivity index (χ3n) is 1.43. The molecule has 0 heterocycles. The molecule has 0 aromatic heterocycles. The lowest BCUT2D eigenvalue weighted by Crippen LogP contribution is -2.39. The molecule has 0 aliphatic rings. The summed E-state index contributed by atoms with van der Waals surface area (Å²) in [4.78, 5) is 11.8. The van der Waals surface area contributed by atoms with Crippen molar-refractivity contribution in [2.45, 2.75) is 12.6 Å². The van der Waals surface area contributed by atoms with Gasteiger partial charge < -0.3 is 10.6 Å². The van der Waals surface area contributed by atoms with Gasteiger partial charge in [-0.1, -0.05) is 6.08 Å². The van der Waals surface area contributed by atoms with Gasteiger partial charge in [0.2, 0.25) is 5.91 Å². The van der Waals surface area contributed by atoms with Crippen molar-refractivity contribution in [1.29, 1.82) is 0 Å². The minimum absolute atomic E-state index is 0.0460. The number of hydrogen-bond acceptors (Lipinski definition) is 2. The number of nitrogens with zero attached hydrogens (tertiary/aromatic N) is 1. The van der Waals surface area contributed by atoms with Crippen molar-refractivity contribution in [1.82, 2.24) is 4.90 Å². The minimum atomic E-state index is -4.38. The standard InChI is InChI=1S/C8H13F3N2O/c1-2-5-13(6-8(9,10)11)7(14)3-4-12/h2H,1,3-6,12H2. The molecule has 0 saturated heterocycles. The number of amides is 1. The Morgan fingerprint density at radius 2 is 2.07 bits per heavy atom. The Bertz CT molecular complexity index is 203. The summed E-state index contributed by atoms with van der Waals surface area (Å²) in [7, 11) is 0. The average molecular weight is 210 g/mol. The molecule has 14 heavy (non-hydrogen) atoms. The van der Waals surface area contributed by atoms with E-state index < -0.39 is 18.6 Å². The SMILES string of the molecule is C=CCN(CC(F)(F)F)C(=O)CCN. The third kappa shape index (κ3) is 5.58. The molecular weight excluding hydrogens is 197 g/mol. The molecule has 0 aromatic rings. The number of hydrogen-bond donors (Lipinski definition) is 1. The van der Waals surface area contributed by atoms with Gasteiger partial charge in [0.15, 0.2) is 0 Å². The molecule has 1 amide bonds. The van der Waals surface area contributed by atoms with Crippen molar-refractivity contribution in [3.8, 4) is 0 Å². The summed E-state index contributed by atoms with van der Waals surface area (Å²) >= 11 is 0. The van der Waals surface area contributed by atoms with Crippen molar-refractivity contribution in [3.63, 3.8) is 0 Å². The first-order valence-corrected chi connectivity index (χ1v) is 4.06. The molecule has 0 fully saturated rings. The van der Waals surface area contributed by atoms with Crippen LogP contribution in [0.15, 0.2) is 12.7 Å². The van der Waals surface area contributed by atoms with Gasteiger partial charge in [0.25, 0.3) is 0 Å². The second-order valence-electron chi connectivity index (χ2n) is 2.72. The molecule has 0 aliphatic heterocycles. The molecule has 0 unspecified atom stereocenters. The quantitative estimate of drug-likeness (QED) is 0.685. The molecule has 0 saturated carbocycles. The van der Waals surface area contributed by atoms with Crippen LogP contribution in [-0.2, 0) is 4.79 Å². The molecule has 0 bridgehead atoms. The average Bonchev–Trinajstić information content (AvgIpc) is 2.01. The van der Waals surface area contributed by atoms with Gasteiger partial charge in [0.1, 0.15) is 6.54 Å². The largest absolute Gasteiger partial charge is 0.406 e. The van der Waals surface area contributed by atoms with Crippen LogP contribution >= 0.6 is 0 Å². The second kappa shape index (κ2) is 5.64. The van der Waals surface area contributed by atoms with Gasteiger partial charge in [0, 0.05) is 19.5 Å². The van der Waals surface area contributed by atoms with Crippen molar-refractivity contribution in [2.24, 2.45) is 5.73 Å². The Morgan fingerprint density at radius 1 is 1.50 bits per heavy atom. The van der Waals surface area contributed by atoms with Gasteiger partial charge in [-0.3, -0.25) is 4.79 Å². The molecule has 0 spiro atoms. The predicted molar refractivity (Wildman–Crippen MR) is 46.5 cm³/mol. The van der Waals surface area contributed by atoms with Crippen LogP contribution in [0.5, 0.6) is 0 Å². The van der Waals surface area contributed by atoms with Gasteiger partial charge in [-0.15, -0.1) is 6.58 Å². The normalized spacial score (nSPS) is 11.1. The summed E-state index contributed by atoms with van der Waals surface area (Å²) in [6.07, 6.45) is -3.21. The Labute approximate surface area is 80.4 Å². The first-order chi connectivity index (χ1) is 6.40. The summed E-state index contributed by atoms with van der Waals surface area (Å²) in [6, 6.07) is 0. The van der Waals surface area contributed by atoms with Crippen molar-refractivity contribution < 1.29 is 18.0 Å². The highest BCUT2D eigenvalue weighted by Crippen LogP contribution is 2.16. The second-order valence-corrected chi connectivity index (χ2v) is 2.72. The Morgan fingerprint density at radius 3 is 2.43 bits per heavy atom. The maximum atomic E-state index is 12.0. The molecule has 0 radical (unpaired) electrons. The van der Waals surface area contributed by atoms with Gasteiger partial charge in [-0.05, 0) is 0 Å². The van der Waals surface area contributed by atoms with E-state index in [-0.39, 0.29) is 19.5 Å². The molecular formula is C8H13F3N2O. The van der Waals surface area contributed by atoms with Gasteiger partial charge in [-0.2, -0.15) is 13.2 Å². The van der Waals surface area contributed by atoms with Gasteiger partial charge in [-0.25, -0.2) is 0 Å². The van der Waals surface area contributed by atoms with Crippen LogP contribution in [0, 0.1) is 0 Å². The zero-order valence-corrected chi connectivity index (χ0v) is 7.68. The van der Waals surface area contributed by atoms with E-state index in [0.29, 0.717) is 4.90 Å². The molecule has 0 aliphatic carbocycles. The number of carbonyl (C=O) groups excluding carboxylic acids is 1. The first-order valence-electron chi connectivity index (χ1n) is 4.06. The van der Waals surface area contributed by atoms with Crippen LogP contribution in [0.1, 0.15) is 6.42 Å².